The van der Waals surface area contributed by atoms with E-state index in [0.717, 1.165) is 0 Å². The molecular formula is C22H24N2O5S. The maximum Gasteiger partial charge on any atom is 0.338 e. The van der Waals surface area contributed by atoms with Gasteiger partial charge in [-0.1, -0.05) is 24.3 Å². The van der Waals surface area contributed by atoms with Crippen molar-refractivity contribution in [1.29, 1.82) is 0 Å². The van der Waals surface area contributed by atoms with Gasteiger partial charge in [0.25, 0.3) is 0 Å². The molecule has 1 unspecified atom stereocenters. The van der Waals surface area contributed by atoms with Crippen molar-refractivity contribution in [3.8, 4) is 11.5 Å². The van der Waals surface area contributed by atoms with Crippen molar-refractivity contribution in [3.63, 3.8) is 0 Å². The molecule has 2 aromatic carbocycles. The fraction of sp³-hybridized carbons (Fsp3) is 0.182. The number of carbonyl (C=O) groups is 1. The van der Waals surface area contributed by atoms with Crippen LogP contribution in [0.1, 0.15) is 28.4 Å². The van der Waals surface area contributed by atoms with Crippen LogP contribution < -0.4 is 20.9 Å². The number of hydrogen-bond donors (Lipinski definition) is 3. The smallest absolute Gasteiger partial charge is 0.338 e. The minimum absolute atomic E-state index is 0.232. The molecule has 1 aliphatic rings. The molecule has 0 spiro atoms. The van der Waals surface area contributed by atoms with Gasteiger partial charge in [-0.3, -0.25) is 0 Å². The second-order valence-corrected chi connectivity index (χ2v) is 7.72. The third kappa shape index (κ3) is 4.84. The molecule has 5 N–H and O–H groups in total. The van der Waals surface area contributed by atoms with Crippen LogP contribution in [-0.2, 0) is 4.74 Å². The van der Waals surface area contributed by atoms with Crippen molar-refractivity contribution < 1.29 is 23.6 Å². The standard InChI is InChI=1S/C22H24N2O5S/c1-27-19-9-8-15(10-21(19)28-2)20(29-22(25)14-6-4-3-5-7-14)11-16-17(23)12-30(26)13-18(16)24/h3-10,12-13,20,26H,11,23-24H2,1-2H3/t20-/m0/s1. The fourth-order valence-electron chi connectivity index (χ4n) is 3.08. The van der Waals surface area contributed by atoms with Crippen LogP contribution in [0.25, 0.3) is 0 Å². The van der Waals surface area contributed by atoms with Crippen LogP contribution in [-0.4, -0.2) is 30.1 Å². The molecule has 1 heterocycles. The number of benzene rings is 2. The number of carbonyl (C=O) groups excluding carboxylic acids is 1. The summed E-state index contributed by atoms with van der Waals surface area (Å²) in [6.45, 7) is 0. The maximum atomic E-state index is 12.7. The number of allylic oxidation sites excluding steroid dienone is 2. The zero-order chi connectivity index (χ0) is 21.7. The third-order valence-electron chi connectivity index (χ3n) is 4.62. The molecule has 158 valence electrons. The predicted octanol–water partition coefficient (Wildman–Crippen LogP) is 3.56. The Morgan fingerprint density at radius 3 is 2.40 bits per heavy atom. The minimum Gasteiger partial charge on any atom is -0.493 e. The summed E-state index contributed by atoms with van der Waals surface area (Å²) >= 11 is 0. The van der Waals surface area contributed by atoms with Crippen molar-refractivity contribution in [2.75, 3.05) is 14.2 Å². The number of nitrogens with two attached hydrogens (primary N) is 2. The molecular weight excluding hydrogens is 404 g/mol. The van der Waals surface area contributed by atoms with Gasteiger partial charge in [0.1, 0.15) is 6.10 Å². The lowest BCUT2D eigenvalue weighted by Gasteiger charge is -2.23. The van der Waals surface area contributed by atoms with Gasteiger partial charge in [0.2, 0.25) is 0 Å². The molecule has 2 aromatic rings. The van der Waals surface area contributed by atoms with Crippen molar-refractivity contribution in [2.24, 2.45) is 11.5 Å². The van der Waals surface area contributed by atoms with E-state index < -0.39 is 22.8 Å². The molecule has 0 radical (unpaired) electrons. The molecule has 0 aliphatic carbocycles. The van der Waals surface area contributed by atoms with Crippen LogP contribution in [0.3, 0.4) is 0 Å². The first kappa shape index (κ1) is 21.5. The average Bonchev–Trinajstić information content (AvgIpc) is 2.75. The van der Waals surface area contributed by atoms with Crippen LogP contribution in [0.5, 0.6) is 11.5 Å². The molecule has 8 heteroatoms. The molecule has 0 aromatic heterocycles. The summed E-state index contributed by atoms with van der Waals surface area (Å²) in [4.78, 5) is 12.7. The Morgan fingerprint density at radius 2 is 1.77 bits per heavy atom. The van der Waals surface area contributed by atoms with Crippen molar-refractivity contribution in [2.45, 2.75) is 12.5 Å². The Hall–Kier alpha value is -3.23. The highest BCUT2D eigenvalue weighted by Crippen LogP contribution is 2.36. The number of methoxy groups -OCH3 is 2. The summed E-state index contributed by atoms with van der Waals surface area (Å²) in [5, 5.41) is 3.05. The lowest BCUT2D eigenvalue weighted by molar-refractivity contribution is 0.0297. The topological polar surface area (TPSA) is 117 Å². The second kappa shape index (κ2) is 9.51. The van der Waals surface area contributed by atoms with Crippen LogP contribution in [0.15, 0.2) is 70.9 Å². The molecule has 0 fully saturated rings. The summed E-state index contributed by atoms with van der Waals surface area (Å²) in [5.41, 5.74) is 14.6. The Bertz CT molecular complexity index is 1030. The van der Waals surface area contributed by atoms with E-state index >= 15 is 0 Å². The number of ether oxygens (including phenoxy) is 3. The first-order valence-corrected chi connectivity index (χ1v) is 10.4. The predicted molar refractivity (Wildman–Crippen MR) is 119 cm³/mol. The third-order valence-corrected chi connectivity index (χ3v) is 5.61. The fourth-order valence-corrected chi connectivity index (χ4v) is 3.95. The Morgan fingerprint density at radius 1 is 1.07 bits per heavy atom. The number of esters is 1. The van der Waals surface area contributed by atoms with E-state index in [-0.39, 0.29) is 6.42 Å². The van der Waals surface area contributed by atoms with E-state index in [1.54, 1.807) is 49.6 Å². The highest BCUT2D eigenvalue weighted by molar-refractivity contribution is 8.13. The summed E-state index contributed by atoms with van der Waals surface area (Å²) < 4.78 is 26.3. The highest BCUT2D eigenvalue weighted by atomic mass is 32.2. The Labute approximate surface area is 177 Å². The summed E-state index contributed by atoms with van der Waals surface area (Å²) in [7, 11) is 1.96. The van der Waals surface area contributed by atoms with Crippen LogP contribution in [0.4, 0.5) is 0 Å². The normalized spacial score (nSPS) is 16.9. The molecule has 2 atom stereocenters. The Balaban J connectivity index is 1.98. The van der Waals surface area contributed by atoms with Gasteiger partial charge in [0.05, 0.1) is 19.8 Å². The van der Waals surface area contributed by atoms with Gasteiger partial charge in [0.15, 0.2) is 11.5 Å². The molecule has 30 heavy (non-hydrogen) atoms. The van der Waals surface area contributed by atoms with Crippen molar-refractivity contribution in [1.82, 2.24) is 0 Å². The van der Waals surface area contributed by atoms with Gasteiger partial charge in [0, 0.05) is 34.2 Å². The van der Waals surface area contributed by atoms with Gasteiger partial charge < -0.3 is 30.2 Å². The van der Waals surface area contributed by atoms with E-state index in [0.29, 0.717) is 39.6 Å². The quantitative estimate of drug-likeness (QED) is 0.456. The van der Waals surface area contributed by atoms with E-state index in [4.69, 9.17) is 25.7 Å². The molecule has 0 saturated carbocycles. The molecule has 3 rings (SSSR count). The molecule has 0 saturated heterocycles. The molecule has 0 amide bonds. The van der Waals surface area contributed by atoms with E-state index in [9.17, 15) is 9.35 Å². The van der Waals surface area contributed by atoms with Crippen molar-refractivity contribution >= 4 is 22.1 Å². The molecule has 0 bridgehead atoms. The van der Waals surface area contributed by atoms with E-state index in [1.807, 2.05) is 6.07 Å². The minimum atomic E-state index is -1.12. The van der Waals surface area contributed by atoms with Gasteiger partial charge >= 0.3 is 5.97 Å². The van der Waals surface area contributed by atoms with Crippen LogP contribution >= 0.6 is 10.8 Å². The van der Waals surface area contributed by atoms with Gasteiger partial charge in [-0.25, -0.2) is 4.79 Å². The summed E-state index contributed by atoms with van der Waals surface area (Å²) in [6.07, 6.45) is -0.458. The van der Waals surface area contributed by atoms with E-state index in [2.05, 4.69) is 0 Å². The van der Waals surface area contributed by atoms with Gasteiger partial charge in [-0.15, -0.1) is 0 Å². The van der Waals surface area contributed by atoms with Gasteiger partial charge in [-0.2, -0.15) is 0 Å². The average molecular weight is 429 g/mol. The zero-order valence-electron chi connectivity index (χ0n) is 16.7. The monoisotopic (exact) mass is 428 g/mol. The summed E-state index contributed by atoms with van der Waals surface area (Å²) in [5.74, 6) is 0.593. The van der Waals surface area contributed by atoms with Crippen molar-refractivity contribution in [3.05, 3.63) is 82.0 Å². The first-order valence-electron chi connectivity index (χ1n) is 9.13. The number of hydrogen-bond acceptors (Lipinski definition) is 7. The largest absolute Gasteiger partial charge is 0.493 e. The molecule has 7 nitrogen and oxygen atoms in total. The van der Waals surface area contributed by atoms with Gasteiger partial charge in [-0.05, 0) is 40.6 Å². The zero-order valence-corrected chi connectivity index (χ0v) is 17.5. The Kier molecular flexibility index (Phi) is 6.81. The lowest BCUT2D eigenvalue weighted by atomic mass is 9.98. The highest BCUT2D eigenvalue weighted by Gasteiger charge is 2.24. The number of rotatable bonds is 7. The SMILES string of the molecule is COc1ccc([C@H](CC2=C(N)C=S(O)C=C2N)OC(=O)c2ccccc2)cc1OC. The lowest BCUT2D eigenvalue weighted by Crippen LogP contribution is -2.19. The maximum absolute atomic E-state index is 12.7. The van der Waals surface area contributed by atoms with Crippen LogP contribution in [0.2, 0.25) is 0 Å². The van der Waals surface area contributed by atoms with Crippen LogP contribution in [0, 0.1) is 0 Å². The summed E-state index contributed by atoms with van der Waals surface area (Å²) in [6, 6.07) is 14.0. The second-order valence-electron chi connectivity index (χ2n) is 6.55. The first-order chi connectivity index (χ1) is 14.4. The molecule has 1 aliphatic heterocycles. The van der Waals surface area contributed by atoms with E-state index in [1.165, 1.54) is 17.9 Å².